The number of nitrogens with two attached hydrogens (primary N) is 4. The van der Waals surface area contributed by atoms with Gasteiger partial charge in [0, 0.05) is 104 Å². The number of aromatic hydroxyl groups is 7. The molecule has 5 aromatic carbocycles. The summed E-state index contributed by atoms with van der Waals surface area (Å²) in [7, 11) is 0. The molecule has 320 valence electrons. The Bertz CT molecular complexity index is 2310. The van der Waals surface area contributed by atoms with Crippen molar-refractivity contribution in [1.82, 2.24) is 9.80 Å². The van der Waals surface area contributed by atoms with Crippen molar-refractivity contribution in [3.63, 3.8) is 0 Å². The first-order valence-corrected chi connectivity index (χ1v) is 19.9. The lowest BCUT2D eigenvalue weighted by molar-refractivity contribution is 0.238. The molecule has 0 aliphatic carbocycles. The zero-order valence-electron chi connectivity index (χ0n) is 34.0. The molecule has 0 radical (unpaired) electrons. The van der Waals surface area contributed by atoms with Gasteiger partial charge < -0.3 is 58.7 Å². The summed E-state index contributed by atoms with van der Waals surface area (Å²) in [5.41, 5.74) is 28.3. The van der Waals surface area contributed by atoms with Crippen LogP contribution >= 0.6 is 0 Å². The van der Waals surface area contributed by atoms with Gasteiger partial charge in [0.1, 0.15) is 40.2 Å². The Balaban J connectivity index is 1.43. The van der Waals surface area contributed by atoms with Gasteiger partial charge in [0.2, 0.25) is 0 Å². The lowest BCUT2D eigenvalue weighted by atomic mass is 10.0. The average molecular weight is 829 g/mol. The van der Waals surface area contributed by atoms with E-state index in [9.17, 15) is 35.7 Å². The Morgan fingerprint density at radius 3 is 1.02 bits per heavy atom. The van der Waals surface area contributed by atoms with Crippen molar-refractivity contribution in [1.29, 1.82) is 0 Å². The average Bonchev–Trinajstić information content (AvgIpc) is 3.23. The summed E-state index contributed by atoms with van der Waals surface area (Å²) in [6, 6.07) is 22.3. The van der Waals surface area contributed by atoms with E-state index in [1.807, 2.05) is 52.3 Å². The fourth-order valence-corrected chi connectivity index (χ4v) is 6.86. The molecule has 0 fully saturated rings. The van der Waals surface area contributed by atoms with E-state index in [1.165, 1.54) is 36.4 Å². The van der Waals surface area contributed by atoms with E-state index in [0.29, 0.717) is 65.1 Å². The van der Waals surface area contributed by atoms with Gasteiger partial charge in [0.05, 0.1) is 0 Å². The number of hydrogen-bond acceptors (Lipinski definition) is 13. The molecule has 61 heavy (non-hydrogen) atoms. The third kappa shape index (κ3) is 13.0. The van der Waals surface area contributed by atoms with Crippen LogP contribution in [0.15, 0.2) is 103 Å². The van der Waals surface area contributed by atoms with Gasteiger partial charge in [-0.2, -0.15) is 0 Å². The van der Waals surface area contributed by atoms with E-state index in [4.69, 9.17) is 22.9 Å². The molecule has 0 saturated carbocycles. The van der Waals surface area contributed by atoms with Crippen molar-refractivity contribution in [2.24, 2.45) is 22.9 Å². The highest BCUT2D eigenvalue weighted by Gasteiger charge is 2.19. The van der Waals surface area contributed by atoms with Crippen molar-refractivity contribution in [3.05, 3.63) is 159 Å². The highest BCUT2D eigenvalue weighted by molar-refractivity contribution is 5.63. The minimum Gasteiger partial charge on any atom is -0.508 e. The number of phenolic OH excluding ortho intramolecular Hbond substituents is 7. The van der Waals surface area contributed by atoms with Crippen LogP contribution in [0.25, 0.3) is 24.3 Å². The molecule has 0 saturated heterocycles. The molecule has 0 bridgehead atoms. The number of nitrogens with zero attached hydrogens (tertiary/aromatic N) is 2. The first-order chi connectivity index (χ1) is 29.4. The maximum atomic E-state index is 11.0. The van der Waals surface area contributed by atoms with Crippen molar-refractivity contribution < 1.29 is 35.7 Å². The van der Waals surface area contributed by atoms with Crippen LogP contribution in [0.2, 0.25) is 0 Å². The third-order valence-corrected chi connectivity index (χ3v) is 9.95. The largest absolute Gasteiger partial charge is 0.508 e. The second kappa shape index (κ2) is 22.1. The van der Waals surface area contributed by atoms with Crippen LogP contribution in [0, 0.1) is 0 Å². The Morgan fingerprint density at radius 2 is 0.672 bits per heavy atom. The molecule has 0 amide bonds. The van der Waals surface area contributed by atoms with Gasteiger partial charge in [-0.25, -0.2) is 0 Å². The first kappa shape index (κ1) is 45.5. The summed E-state index contributed by atoms with van der Waals surface area (Å²) < 4.78 is 0. The highest BCUT2D eigenvalue weighted by Crippen LogP contribution is 2.34. The molecule has 0 atom stereocenters. The van der Waals surface area contributed by atoms with E-state index in [2.05, 4.69) is 0 Å². The Kier molecular flexibility index (Phi) is 16.5. The highest BCUT2D eigenvalue weighted by atomic mass is 16.3. The van der Waals surface area contributed by atoms with Crippen molar-refractivity contribution in [3.8, 4) is 40.2 Å². The summed E-state index contributed by atoms with van der Waals surface area (Å²) in [5, 5.41) is 76.3. The van der Waals surface area contributed by atoms with E-state index in [-0.39, 0.29) is 79.5 Å². The number of rotatable bonds is 20. The Labute approximate surface area is 356 Å². The molecular weight excluding hydrogens is 773 g/mol. The monoisotopic (exact) mass is 828 g/mol. The number of benzene rings is 5. The van der Waals surface area contributed by atoms with Crippen molar-refractivity contribution in [2.75, 3.05) is 26.2 Å². The number of hydrogen-bond donors (Lipinski definition) is 11. The SMILES string of the molecule is NC/C=C/c1ccc(CN(Cc2ccc(CN(Cc3cc(O)c(/C=C/CN)cc3O)Cc3cc(O)c(/C=C/CN)cc3O)cc2)Cc2cc(O)c(/C=C/CN)cc2O)c(O)c1. The quantitative estimate of drug-likeness (QED) is 0.0408. The Morgan fingerprint density at radius 1 is 0.344 bits per heavy atom. The van der Waals surface area contributed by atoms with Crippen LogP contribution in [0.3, 0.4) is 0 Å². The van der Waals surface area contributed by atoms with E-state index < -0.39 is 0 Å². The molecule has 13 heteroatoms. The predicted molar refractivity (Wildman–Crippen MR) is 242 cm³/mol. The molecule has 0 unspecified atom stereocenters. The maximum absolute atomic E-state index is 11.0. The second-order valence-corrected chi connectivity index (χ2v) is 14.7. The van der Waals surface area contributed by atoms with Crippen LogP contribution in [0.5, 0.6) is 40.2 Å². The summed E-state index contributed by atoms with van der Waals surface area (Å²) in [6.45, 7) is 2.84. The molecule has 0 spiro atoms. The van der Waals surface area contributed by atoms with Gasteiger partial charge in [0.15, 0.2) is 0 Å². The van der Waals surface area contributed by atoms with Crippen LogP contribution in [0.1, 0.15) is 55.6 Å². The fraction of sp³-hybridized carbons (Fsp3) is 0.208. The fourth-order valence-electron chi connectivity index (χ4n) is 6.86. The molecule has 13 nitrogen and oxygen atoms in total. The van der Waals surface area contributed by atoms with Gasteiger partial charge >= 0.3 is 0 Å². The first-order valence-electron chi connectivity index (χ1n) is 19.9. The van der Waals surface area contributed by atoms with Crippen molar-refractivity contribution >= 4 is 24.3 Å². The minimum atomic E-state index is -0.0297. The predicted octanol–water partition coefficient (Wildman–Crippen LogP) is 5.92. The minimum absolute atomic E-state index is 0.00319. The van der Waals surface area contributed by atoms with Gasteiger partial charge in [0.25, 0.3) is 0 Å². The molecule has 0 aliphatic heterocycles. The molecule has 0 aromatic heterocycles. The summed E-state index contributed by atoms with van der Waals surface area (Å²) in [4.78, 5) is 4.00. The molecular formula is C48H56N6O7. The van der Waals surface area contributed by atoms with Gasteiger partial charge in [-0.3, -0.25) is 9.80 Å². The lowest BCUT2D eigenvalue weighted by Crippen LogP contribution is -2.23. The van der Waals surface area contributed by atoms with Gasteiger partial charge in [-0.05, 0) is 59.2 Å². The Hall–Kier alpha value is -6.58. The summed E-state index contributed by atoms with van der Waals surface area (Å²) in [6.07, 6.45) is 13.6. The van der Waals surface area contributed by atoms with E-state index in [0.717, 1.165) is 16.7 Å². The molecule has 0 heterocycles. The molecule has 0 aliphatic rings. The number of phenols is 7. The zero-order valence-corrected chi connectivity index (χ0v) is 34.0. The summed E-state index contributed by atoms with van der Waals surface area (Å²) in [5.74, 6) is -0.0107. The molecule has 5 rings (SSSR count). The van der Waals surface area contributed by atoms with E-state index in [1.54, 1.807) is 48.6 Å². The van der Waals surface area contributed by atoms with Crippen LogP contribution in [-0.4, -0.2) is 71.7 Å². The van der Waals surface area contributed by atoms with Gasteiger partial charge in [-0.15, -0.1) is 0 Å². The van der Waals surface area contributed by atoms with Crippen LogP contribution in [-0.2, 0) is 39.3 Å². The maximum Gasteiger partial charge on any atom is 0.123 e. The lowest BCUT2D eigenvalue weighted by Gasteiger charge is -2.25. The third-order valence-electron chi connectivity index (χ3n) is 9.95. The summed E-state index contributed by atoms with van der Waals surface area (Å²) >= 11 is 0. The van der Waals surface area contributed by atoms with Gasteiger partial charge in [-0.1, -0.05) is 85.0 Å². The zero-order chi connectivity index (χ0) is 43.9. The van der Waals surface area contributed by atoms with Crippen LogP contribution < -0.4 is 22.9 Å². The van der Waals surface area contributed by atoms with Crippen molar-refractivity contribution in [2.45, 2.75) is 39.3 Å². The molecule has 15 N–H and O–H groups in total. The smallest absolute Gasteiger partial charge is 0.123 e. The second-order valence-electron chi connectivity index (χ2n) is 14.7. The normalized spacial score (nSPS) is 12.1. The topological polar surface area (TPSA) is 252 Å². The standard InChI is InChI=1S/C48H56N6O7/c49-15-1-5-32-13-14-38(42(55)19-32)28-53(29-39-23-43(56)35(6-2-16-50)20-46(39)59)26-33-9-11-34(12-10-33)27-54(30-40-24-44(57)36(7-3-17-51)21-47(40)60)31-41-25-45(58)37(8-4-18-52)22-48(41)61/h1-14,19-25,55-61H,15-18,26-31,49-52H2/b5-1+,6-2+,7-3+,8-4+. The van der Waals surface area contributed by atoms with Crippen LogP contribution in [0.4, 0.5) is 0 Å². The van der Waals surface area contributed by atoms with E-state index >= 15 is 0 Å². The molecule has 5 aromatic rings.